The Hall–Kier alpha value is -3.46. The zero-order valence-corrected chi connectivity index (χ0v) is 18.7. The van der Waals surface area contributed by atoms with Crippen molar-refractivity contribution >= 4 is 34.3 Å². The van der Waals surface area contributed by atoms with Crippen LogP contribution in [0.25, 0.3) is 16.7 Å². The van der Waals surface area contributed by atoms with E-state index in [9.17, 15) is 9.59 Å². The van der Waals surface area contributed by atoms with Crippen LogP contribution in [0.2, 0.25) is 0 Å². The van der Waals surface area contributed by atoms with E-state index in [4.69, 9.17) is 4.42 Å². The highest BCUT2D eigenvalue weighted by molar-refractivity contribution is 7.98. The van der Waals surface area contributed by atoms with Crippen LogP contribution in [-0.2, 0) is 17.0 Å². The Balaban J connectivity index is 1.55. The Labute approximate surface area is 189 Å². The van der Waals surface area contributed by atoms with Crippen LogP contribution in [0.4, 0.5) is 5.69 Å². The summed E-state index contributed by atoms with van der Waals surface area (Å²) in [5.74, 6) is 0.292. The lowest BCUT2D eigenvalue weighted by Gasteiger charge is -2.08. The standard InChI is InChI=1S/C23H23N5O3S/c1-3-4-5-16-6-9-19(10-7-16)28-23(25-26-27-28)32-14-17-12-22(30)31-21-13-18(24-15(2)29)8-11-20(17)21/h6-13H,3-5,14H2,1-2H3,(H,24,29). The topological polar surface area (TPSA) is 103 Å². The number of benzene rings is 2. The molecule has 2 aromatic carbocycles. The second-order valence-corrected chi connectivity index (χ2v) is 8.36. The van der Waals surface area contributed by atoms with Gasteiger partial charge in [-0.3, -0.25) is 4.79 Å². The molecule has 4 aromatic rings. The Morgan fingerprint density at radius 3 is 2.72 bits per heavy atom. The lowest BCUT2D eigenvalue weighted by atomic mass is 10.1. The van der Waals surface area contributed by atoms with Gasteiger partial charge in [0.05, 0.1) is 5.69 Å². The van der Waals surface area contributed by atoms with Crippen LogP contribution in [0, 0.1) is 0 Å². The summed E-state index contributed by atoms with van der Waals surface area (Å²) in [5, 5.41) is 16.2. The van der Waals surface area contributed by atoms with Gasteiger partial charge in [0.25, 0.3) is 0 Å². The molecule has 0 fully saturated rings. The van der Waals surface area contributed by atoms with Crippen molar-refractivity contribution in [1.82, 2.24) is 20.2 Å². The number of amides is 1. The number of nitrogens with one attached hydrogen (secondary N) is 1. The van der Waals surface area contributed by atoms with Gasteiger partial charge in [-0.05, 0) is 58.7 Å². The first-order valence-electron chi connectivity index (χ1n) is 10.4. The predicted molar refractivity (Wildman–Crippen MR) is 124 cm³/mol. The van der Waals surface area contributed by atoms with E-state index in [0.717, 1.165) is 35.9 Å². The maximum atomic E-state index is 12.1. The fraction of sp³-hybridized carbons (Fsp3) is 0.261. The molecule has 0 bridgehead atoms. The molecule has 0 atom stereocenters. The monoisotopic (exact) mass is 449 g/mol. The first-order chi connectivity index (χ1) is 15.5. The van der Waals surface area contributed by atoms with Gasteiger partial charge in [-0.25, -0.2) is 4.79 Å². The molecular formula is C23H23N5O3S. The molecule has 0 spiro atoms. The van der Waals surface area contributed by atoms with Crippen molar-refractivity contribution < 1.29 is 9.21 Å². The van der Waals surface area contributed by atoms with Crippen molar-refractivity contribution in [1.29, 1.82) is 0 Å². The van der Waals surface area contributed by atoms with Gasteiger partial charge in [-0.2, -0.15) is 4.68 Å². The SMILES string of the molecule is CCCCc1ccc(-n2nnnc2SCc2cc(=O)oc3cc(NC(C)=O)ccc23)cc1. The van der Waals surface area contributed by atoms with Gasteiger partial charge in [0, 0.05) is 35.9 Å². The summed E-state index contributed by atoms with van der Waals surface area (Å²) in [6.07, 6.45) is 3.38. The summed E-state index contributed by atoms with van der Waals surface area (Å²) in [5.41, 5.74) is 3.52. The minimum absolute atomic E-state index is 0.191. The second kappa shape index (κ2) is 9.78. The van der Waals surface area contributed by atoms with Gasteiger partial charge in [0.2, 0.25) is 11.1 Å². The molecule has 0 saturated heterocycles. The molecule has 2 heterocycles. The van der Waals surface area contributed by atoms with Crippen molar-refractivity contribution in [3.8, 4) is 5.69 Å². The second-order valence-electron chi connectivity index (χ2n) is 7.41. The van der Waals surface area contributed by atoms with Crippen LogP contribution >= 0.6 is 11.8 Å². The smallest absolute Gasteiger partial charge is 0.336 e. The van der Waals surface area contributed by atoms with Crippen molar-refractivity contribution in [2.45, 2.75) is 44.0 Å². The number of nitrogens with zero attached hydrogens (tertiary/aromatic N) is 4. The van der Waals surface area contributed by atoms with Crippen molar-refractivity contribution in [3.05, 3.63) is 70.1 Å². The third-order valence-corrected chi connectivity index (χ3v) is 5.92. The summed E-state index contributed by atoms with van der Waals surface area (Å²) >= 11 is 1.43. The molecule has 164 valence electrons. The van der Waals surface area contributed by atoms with Gasteiger partial charge in [0.15, 0.2) is 0 Å². The summed E-state index contributed by atoms with van der Waals surface area (Å²) in [4.78, 5) is 23.4. The first kappa shape index (κ1) is 21.8. The molecule has 0 aliphatic carbocycles. The van der Waals surface area contributed by atoms with Crippen LogP contribution in [-0.4, -0.2) is 26.1 Å². The molecule has 2 aromatic heterocycles. The van der Waals surface area contributed by atoms with Crippen LogP contribution < -0.4 is 10.9 Å². The number of tetrazole rings is 1. The molecule has 8 nitrogen and oxygen atoms in total. The van der Waals surface area contributed by atoms with Crippen molar-refractivity contribution in [2.75, 3.05) is 5.32 Å². The summed E-state index contributed by atoms with van der Waals surface area (Å²) < 4.78 is 7.02. The lowest BCUT2D eigenvalue weighted by molar-refractivity contribution is -0.114. The fourth-order valence-corrected chi connectivity index (χ4v) is 4.27. The molecule has 0 unspecified atom stereocenters. The molecule has 0 aliphatic heterocycles. The quantitative estimate of drug-likeness (QED) is 0.315. The average molecular weight is 450 g/mol. The average Bonchev–Trinajstić information content (AvgIpc) is 3.24. The number of carbonyl (C=O) groups is 1. The number of aromatic nitrogens is 4. The van der Waals surface area contributed by atoms with E-state index in [1.165, 1.54) is 30.3 Å². The predicted octanol–water partition coefficient (Wildman–Crippen LogP) is 4.36. The van der Waals surface area contributed by atoms with E-state index in [1.807, 2.05) is 18.2 Å². The van der Waals surface area contributed by atoms with Crippen LogP contribution in [0.1, 0.15) is 37.8 Å². The summed E-state index contributed by atoms with van der Waals surface area (Å²) in [7, 11) is 0. The molecule has 9 heteroatoms. The van der Waals surface area contributed by atoms with Crippen molar-refractivity contribution in [2.24, 2.45) is 0 Å². The van der Waals surface area contributed by atoms with E-state index in [2.05, 4.69) is 39.9 Å². The Kier molecular flexibility index (Phi) is 6.65. The number of hydrogen-bond donors (Lipinski definition) is 1. The maximum Gasteiger partial charge on any atom is 0.336 e. The number of rotatable bonds is 8. The minimum atomic E-state index is -0.449. The van der Waals surface area contributed by atoms with E-state index in [1.54, 1.807) is 16.8 Å². The number of hydrogen-bond acceptors (Lipinski definition) is 7. The van der Waals surface area contributed by atoms with Crippen LogP contribution in [0.5, 0.6) is 0 Å². The summed E-state index contributed by atoms with van der Waals surface area (Å²) in [6, 6.07) is 15.0. The number of thioether (sulfide) groups is 1. The van der Waals surface area contributed by atoms with Gasteiger partial charge >= 0.3 is 5.63 Å². The number of fused-ring (bicyclic) bond motifs is 1. The number of carbonyl (C=O) groups excluding carboxylic acids is 1. The number of aryl methyl sites for hydroxylation is 1. The Bertz CT molecular complexity index is 1300. The fourth-order valence-electron chi connectivity index (χ4n) is 3.39. The van der Waals surface area contributed by atoms with Gasteiger partial charge in [-0.1, -0.05) is 37.2 Å². The van der Waals surface area contributed by atoms with Crippen LogP contribution in [0.3, 0.4) is 0 Å². The molecule has 0 radical (unpaired) electrons. The molecular weight excluding hydrogens is 426 g/mol. The lowest BCUT2D eigenvalue weighted by Crippen LogP contribution is -2.06. The van der Waals surface area contributed by atoms with E-state index in [0.29, 0.717) is 22.2 Å². The highest BCUT2D eigenvalue weighted by Gasteiger charge is 2.13. The van der Waals surface area contributed by atoms with Crippen LogP contribution in [0.15, 0.2) is 62.9 Å². The minimum Gasteiger partial charge on any atom is -0.423 e. The molecule has 1 amide bonds. The highest BCUT2D eigenvalue weighted by atomic mass is 32.2. The molecule has 0 saturated carbocycles. The first-order valence-corrected chi connectivity index (χ1v) is 11.4. The summed E-state index contributed by atoms with van der Waals surface area (Å²) in [6.45, 7) is 3.61. The normalized spacial score (nSPS) is 11.1. The van der Waals surface area contributed by atoms with E-state index >= 15 is 0 Å². The van der Waals surface area contributed by atoms with E-state index in [-0.39, 0.29) is 5.91 Å². The van der Waals surface area contributed by atoms with Gasteiger partial charge in [-0.15, -0.1) is 5.10 Å². The van der Waals surface area contributed by atoms with Gasteiger partial charge in [0.1, 0.15) is 5.58 Å². The van der Waals surface area contributed by atoms with Gasteiger partial charge < -0.3 is 9.73 Å². The zero-order chi connectivity index (χ0) is 22.5. The number of unbranched alkanes of at least 4 members (excludes halogenated alkanes) is 1. The van der Waals surface area contributed by atoms with Crippen molar-refractivity contribution in [3.63, 3.8) is 0 Å². The Morgan fingerprint density at radius 2 is 1.97 bits per heavy atom. The zero-order valence-electron chi connectivity index (χ0n) is 17.9. The molecule has 0 aliphatic rings. The third kappa shape index (κ3) is 5.05. The van der Waals surface area contributed by atoms with E-state index < -0.39 is 5.63 Å². The molecule has 32 heavy (non-hydrogen) atoms. The third-order valence-electron chi connectivity index (χ3n) is 4.95. The highest BCUT2D eigenvalue weighted by Crippen LogP contribution is 2.28. The maximum absolute atomic E-state index is 12.1. The molecule has 4 rings (SSSR count). The number of anilines is 1. The molecule has 1 N–H and O–H groups in total. The Morgan fingerprint density at radius 1 is 1.16 bits per heavy atom. The largest absolute Gasteiger partial charge is 0.423 e.